The second-order valence-electron chi connectivity index (χ2n) is 4.53. The van der Waals surface area contributed by atoms with E-state index < -0.39 is 0 Å². The zero-order valence-corrected chi connectivity index (χ0v) is 10.3. The molecule has 0 amide bonds. The molecule has 1 fully saturated rings. The zero-order chi connectivity index (χ0) is 13.2. The molecular weight excluding hydrogens is 246 g/mol. The fraction of sp³-hybridized carbons (Fsp3) is 0.500. The van der Waals surface area contributed by atoms with Crippen LogP contribution in [0.3, 0.4) is 0 Å². The molecule has 3 rings (SSSR count). The first-order valence-corrected chi connectivity index (χ1v) is 6.07. The predicted molar refractivity (Wildman–Crippen MR) is 67.6 cm³/mol. The van der Waals surface area contributed by atoms with E-state index in [1.54, 1.807) is 4.68 Å². The average Bonchev–Trinajstić information content (AvgIpc) is 3.06. The minimum atomic E-state index is 0.109. The molecule has 0 radical (unpaired) electrons. The lowest BCUT2D eigenvalue weighted by Gasteiger charge is -2.01. The maximum absolute atomic E-state index is 5.51. The topological polar surface area (TPSA) is 133 Å². The molecule has 100 valence electrons. The van der Waals surface area contributed by atoms with Crippen molar-refractivity contribution in [1.82, 2.24) is 35.3 Å². The van der Waals surface area contributed by atoms with Gasteiger partial charge in [-0.15, -0.1) is 5.10 Å². The van der Waals surface area contributed by atoms with Crippen LogP contribution in [0, 0.1) is 0 Å². The van der Waals surface area contributed by atoms with Gasteiger partial charge < -0.3 is 16.8 Å². The van der Waals surface area contributed by atoms with E-state index in [4.69, 9.17) is 11.5 Å². The van der Waals surface area contributed by atoms with Crippen LogP contribution in [0.4, 0.5) is 11.9 Å². The molecule has 0 unspecified atom stereocenters. The van der Waals surface area contributed by atoms with E-state index >= 15 is 0 Å². The Morgan fingerprint density at radius 3 is 2.63 bits per heavy atom. The molecule has 0 aliphatic heterocycles. The van der Waals surface area contributed by atoms with Crippen LogP contribution in [0.5, 0.6) is 0 Å². The van der Waals surface area contributed by atoms with Gasteiger partial charge in [-0.1, -0.05) is 5.21 Å². The van der Waals surface area contributed by atoms with Gasteiger partial charge in [0.05, 0.1) is 11.9 Å². The smallest absolute Gasteiger partial charge is 0.225 e. The molecule has 1 saturated carbocycles. The van der Waals surface area contributed by atoms with E-state index in [2.05, 4.69) is 30.6 Å². The highest BCUT2D eigenvalue weighted by Crippen LogP contribution is 2.18. The van der Waals surface area contributed by atoms with Gasteiger partial charge in [0, 0.05) is 12.6 Å². The quantitative estimate of drug-likeness (QED) is 0.619. The number of hydrogen-bond acceptors (Lipinski definition) is 8. The van der Waals surface area contributed by atoms with Crippen LogP contribution >= 0.6 is 0 Å². The van der Waals surface area contributed by atoms with Gasteiger partial charge in [-0.3, -0.25) is 0 Å². The second-order valence-corrected chi connectivity index (χ2v) is 4.53. The largest absolute Gasteiger partial charge is 0.368 e. The van der Waals surface area contributed by atoms with E-state index in [0.717, 1.165) is 12.2 Å². The third kappa shape index (κ3) is 3.13. The molecular formula is C10H15N9. The van der Waals surface area contributed by atoms with Crippen LogP contribution in [0.1, 0.15) is 24.4 Å². The van der Waals surface area contributed by atoms with Crippen molar-refractivity contribution < 1.29 is 0 Å². The van der Waals surface area contributed by atoms with E-state index in [1.165, 1.54) is 12.8 Å². The Morgan fingerprint density at radius 1 is 1.21 bits per heavy atom. The van der Waals surface area contributed by atoms with Crippen LogP contribution in [-0.4, -0.2) is 36.0 Å². The molecule has 1 aliphatic rings. The number of nitrogens with two attached hydrogens (primary N) is 2. The Bertz CT molecular complexity index is 554. The summed E-state index contributed by atoms with van der Waals surface area (Å²) in [6.07, 6.45) is 4.35. The highest BCUT2D eigenvalue weighted by Gasteiger charge is 2.20. The van der Waals surface area contributed by atoms with Gasteiger partial charge in [-0.2, -0.15) is 15.0 Å². The van der Waals surface area contributed by atoms with Crippen molar-refractivity contribution in [1.29, 1.82) is 0 Å². The van der Waals surface area contributed by atoms with Crippen LogP contribution < -0.4 is 16.8 Å². The van der Waals surface area contributed by atoms with E-state index in [1.807, 2.05) is 6.20 Å². The summed E-state index contributed by atoms with van der Waals surface area (Å²) in [6.45, 7) is 1.10. The molecule has 0 aromatic carbocycles. The number of hydrogen-bond donors (Lipinski definition) is 3. The van der Waals surface area contributed by atoms with Gasteiger partial charge in [0.1, 0.15) is 6.54 Å². The zero-order valence-electron chi connectivity index (χ0n) is 10.3. The number of nitrogens with one attached hydrogen (secondary N) is 1. The fourth-order valence-electron chi connectivity index (χ4n) is 1.71. The first-order valence-electron chi connectivity index (χ1n) is 6.07. The molecule has 2 aromatic heterocycles. The maximum atomic E-state index is 5.51. The van der Waals surface area contributed by atoms with Crippen LogP contribution in [0.2, 0.25) is 0 Å². The van der Waals surface area contributed by atoms with Crippen molar-refractivity contribution in [3.8, 4) is 0 Å². The summed E-state index contributed by atoms with van der Waals surface area (Å²) in [5.41, 5.74) is 11.9. The summed E-state index contributed by atoms with van der Waals surface area (Å²) in [5.74, 6) is 0.688. The Kier molecular flexibility index (Phi) is 2.95. The number of anilines is 2. The van der Waals surface area contributed by atoms with Crippen LogP contribution in [-0.2, 0) is 13.1 Å². The monoisotopic (exact) mass is 261 g/mol. The Labute approximate surface area is 109 Å². The molecule has 5 N–H and O–H groups in total. The molecule has 9 heteroatoms. The van der Waals surface area contributed by atoms with Crippen molar-refractivity contribution in [2.45, 2.75) is 32.0 Å². The van der Waals surface area contributed by atoms with Gasteiger partial charge in [0.15, 0.2) is 5.82 Å². The molecule has 19 heavy (non-hydrogen) atoms. The lowest BCUT2D eigenvalue weighted by molar-refractivity contribution is 0.623. The number of nitrogen functional groups attached to an aromatic ring is 2. The highest BCUT2D eigenvalue weighted by molar-refractivity contribution is 5.25. The first kappa shape index (κ1) is 11.8. The van der Waals surface area contributed by atoms with Crippen molar-refractivity contribution in [2.24, 2.45) is 0 Å². The number of aromatic nitrogens is 6. The predicted octanol–water partition coefficient (Wildman–Crippen LogP) is -1.07. The van der Waals surface area contributed by atoms with Crippen molar-refractivity contribution in [3.05, 3.63) is 17.7 Å². The minimum absolute atomic E-state index is 0.109. The maximum Gasteiger partial charge on any atom is 0.225 e. The average molecular weight is 261 g/mol. The van der Waals surface area contributed by atoms with Crippen LogP contribution in [0.25, 0.3) is 0 Å². The second kappa shape index (κ2) is 4.76. The van der Waals surface area contributed by atoms with E-state index in [9.17, 15) is 0 Å². The van der Waals surface area contributed by atoms with Crippen molar-refractivity contribution >= 4 is 11.9 Å². The van der Waals surface area contributed by atoms with Gasteiger partial charge in [-0.05, 0) is 12.8 Å². The lowest BCUT2D eigenvalue weighted by Crippen LogP contribution is -2.15. The summed E-state index contributed by atoms with van der Waals surface area (Å²) in [7, 11) is 0. The van der Waals surface area contributed by atoms with Crippen molar-refractivity contribution in [2.75, 3.05) is 11.5 Å². The van der Waals surface area contributed by atoms with Gasteiger partial charge >= 0.3 is 0 Å². The third-order valence-corrected chi connectivity index (χ3v) is 2.76. The molecule has 0 saturated heterocycles. The molecule has 2 heterocycles. The molecule has 0 spiro atoms. The molecule has 0 atom stereocenters. The lowest BCUT2D eigenvalue weighted by atomic mass is 10.4. The third-order valence-electron chi connectivity index (χ3n) is 2.76. The molecule has 2 aromatic rings. The number of nitrogens with zero attached hydrogens (tertiary/aromatic N) is 6. The van der Waals surface area contributed by atoms with E-state index in [0.29, 0.717) is 18.4 Å². The standard InChI is InChI=1S/C10H15N9/c11-9-14-8(15-10(12)16-9)5-19-4-7(17-18-19)3-13-6-1-2-6/h4,6,13H,1-3,5H2,(H4,11,12,14,15,16). The van der Waals surface area contributed by atoms with Crippen molar-refractivity contribution in [3.63, 3.8) is 0 Å². The van der Waals surface area contributed by atoms with Gasteiger partial charge in [0.25, 0.3) is 0 Å². The Hall–Kier alpha value is -2.29. The highest BCUT2D eigenvalue weighted by atomic mass is 15.4. The summed E-state index contributed by atoms with van der Waals surface area (Å²) in [4.78, 5) is 11.7. The Balaban J connectivity index is 1.65. The Morgan fingerprint density at radius 2 is 1.95 bits per heavy atom. The van der Waals surface area contributed by atoms with Gasteiger partial charge in [-0.25, -0.2) is 4.68 Å². The summed E-state index contributed by atoms with van der Waals surface area (Å²) < 4.78 is 1.65. The summed E-state index contributed by atoms with van der Waals surface area (Å²) in [5, 5.41) is 11.5. The molecule has 9 nitrogen and oxygen atoms in total. The fourth-order valence-corrected chi connectivity index (χ4v) is 1.71. The SMILES string of the molecule is Nc1nc(N)nc(Cn2cc(CNC3CC3)nn2)n1. The van der Waals surface area contributed by atoms with E-state index in [-0.39, 0.29) is 11.9 Å². The molecule has 0 bridgehead atoms. The number of rotatable bonds is 5. The first-order chi connectivity index (χ1) is 9.19. The van der Waals surface area contributed by atoms with Gasteiger partial charge in [0.2, 0.25) is 11.9 Å². The normalized spacial score (nSPS) is 14.7. The summed E-state index contributed by atoms with van der Waals surface area (Å²) >= 11 is 0. The van der Waals surface area contributed by atoms with Crippen LogP contribution in [0.15, 0.2) is 6.20 Å². The minimum Gasteiger partial charge on any atom is -0.368 e. The molecule has 1 aliphatic carbocycles. The summed E-state index contributed by atoms with van der Waals surface area (Å²) in [6, 6.07) is 0.647.